The molecule has 2 aliphatic heterocycles. The molecule has 0 saturated carbocycles. The second-order valence-electron chi connectivity index (χ2n) is 9.15. The fourth-order valence-corrected chi connectivity index (χ4v) is 5.12. The highest BCUT2D eigenvalue weighted by molar-refractivity contribution is 6.31. The van der Waals surface area contributed by atoms with Crippen LogP contribution >= 0.6 is 11.6 Å². The first-order valence-electron chi connectivity index (χ1n) is 12.0. The maximum absolute atomic E-state index is 13.4. The lowest BCUT2D eigenvalue weighted by Gasteiger charge is -2.37. The van der Waals surface area contributed by atoms with Crippen molar-refractivity contribution in [3.63, 3.8) is 0 Å². The van der Waals surface area contributed by atoms with Gasteiger partial charge in [-0.2, -0.15) is 0 Å². The molecular weight excluding hydrogens is 446 g/mol. The Bertz CT molecular complexity index is 1150. The van der Waals surface area contributed by atoms with Crippen LogP contribution in [0.1, 0.15) is 24.0 Å². The molecule has 0 N–H and O–H groups in total. The quantitative estimate of drug-likeness (QED) is 0.546. The minimum Gasteiger partial charge on any atom is -0.338 e. The highest BCUT2D eigenvalue weighted by Gasteiger charge is 2.35. The van der Waals surface area contributed by atoms with Crippen LogP contribution in [0.4, 0.5) is 5.95 Å². The summed E-state index contributed by atoms with van der Waals surface area (Å²) in [5.74, 6) is 0.999. The number of piperazine rings is 1. The van der Waals surface area contributed by atoms with Crippen LogP contribution < -0.4 is 4.90 Å². The Kier molecular flexibility index (Phi) is 6.79. The number of amides is 1. The number of rotatable bonds is 5. The zero-order valence-electron chi connectivity index (χ0n) is 19.5. The Balaban J connectivity index is 1.23. The van der Waals surface area contributed by atoms with Crippen LogP contribution in [0.3, 0.4) is 0 Å². The van der Waals surface area contributed by atoms with E-state index in [1.807, 2.05) is 24.0 Å². The smallest absolute Gasteiger partial charge is 0.240 e. The van der Waals surface area contributed by atoms with Crippen LogP contribution in [0, 0.1) is 6.92 Å². The average Bonchev–Trinajstić information content (AvgIpc) is 3.34. The highest BCUT2D eigenvalue weighted by atomic mass is 35.5. The van der Waals surface area contributed by atoms with Crippen molar-refractivity contribution in [3.8, 4) is 11.1 Å². The molecule has 1 unspecified atom stereocenters. The monoisotopic (exact) mass is 475 g/mol. The fourth-order valence-electron chi connectivity index (χ4n) is 4.94. The fraction of sp³-hybridized carbons (Fsp3) is 0.370. The zero-order chi connectivity index (χ0) is 23.5. The van der Waals surface area contributed by atoms with Crippen molar-refractivity contribution in [2.24, 2.45) is 0 Å². The third-order valence-corrected chi connectivity index (χ3v) is 7.30. The summed E-state index contributed by atoms with van der Waals surface area (Å²) in [6, 6.07) is 16.6. The van der Waals surface area contributed by atoms with Gasteiger partial charge in [-0.25, -0.2) is 9.97 Å². The number of carbonyl (C=O) groups is 1. The van der Waals surface area contributed by atoms with E-state index in [0.717, 1.165) is 66.7 Å². The van der Waals surface area contributed by atoms with Gasteiger partial charge in [0.15, 0.2) is 0 Å². The number of halogens is 1. The Labute approximate surface area is 206 Å². The molecule has 0 radical (unpaired) electrons. The molecule has 1 aromatic heterocycles. The van der Waals surface area contributed by atoms with Gasteiger partial charge in [-0.15, -0.1) is 0 Å². The van der Waals surface area contributed by atoms with E-state index in [2.05, 4.69) is 56.2 Å². The number of hydrogen-bond donors (Lipinski definition) is 0. The Morgan fingerprint density at radius 1 is 0.971 bits per heavy atom. The van der Waals surface area contributed by atoms with Crippen molar-refractivity contribution in [2.75, 3.05) is 37.6 Å². The minimum atomic E-state index is -0.0444. The number of likely N-dealkylation sites (tertiary alicyclic amines) is 1. The number of aryl methyl sites for hydroxylation is 1. The topological polar surface area (TPSA) is 52.6 Å². The molecule has 2 fully saturated rings. The molecule has 3 aromatic rings. The Morgan fingerprint density at radius 2 is 1.74 bits per heavy atom. The molecule has 5 rings (SSSR count). The van der Waals surface area contributed by atoms with Gasteiger partial charge in [-0.3, -0.25) is 9.69 Å². The molecular formula is C27H30ClN5O. The van der Waals surface area contributed by atoms with E-state index in [4.69, 9.17) is 11.6 Å². The molecule has 2 aromatic carbocycles. The summed E-state index contributed by atoms with van der Waals surface area (Å²) in [6.07, 6.45) is 5.51. The first-order valence-corrected chi connectivity index (χ1v) is 12.4. The number of benzene rings is 2. The number of nitrogens with zero attached hydrogens (tertiary/aromatic N) is 5. The lowest BCUT2D eigenvalue weighted by molar-refractivity contribution is -0.136. The SMILES string of the molecule is Cc1ccc(-c2cccc(CN3CCCC3C(=O)N3CCN(c4ncccn4)CC3)c2)cc1Cl. The van der Waals surface area contributed by atoms with Crippen LogP contribution in [0.15, 0.2) is 60.9 Å². The van der Waals surface area contributed by atoms with E-state index in [9.17, 15) is 4.79 Å². The normalized spacial score (nSPS) is 18.9. The third kappa shape index (κ3) is 4.93. The molecule has 2 saturated heterocycles. The standard InChI is InChI=1S/C27H30ClN5O/c1-20-8-9-23(18-24(20)28)22-6-2-5-21(17-22)19-33-12-3-7-25(33)26(34)31-13-15-32(16-14-31)27-29-10-4-11-30-27/h2,4-6,8-11,17-18,25H,3,7,12-16,19H2,1H3. The van der Waals surface area contributed by atoms with E-state index in [0.29, 0.717) is 13.1 Å². The van der Waals surface area contributed by atoms with Crippen molar-refractivity contribution >= 4 is 23.5 Å². The van der Waals surface area contributed by atoms with Crippen molar-refractivity contribution in [1.29, 1.82) is 0 Å². The van der Waals surface area contributed by atoms with E-state index in [1.165, 1.54) is 5.56 Å². The second-order valence-corrected chi connectivity index (χ2v) is 9.56. The van der Waals surface area contributed by atoms with Gasteiger partial charge in [0.05, 0.1) is 6.04 Å². The third-order valence-electron chi connectivity index (χ3n) is 6.89. The Hall–Kier alpha value is -2.96. The number of anilines is 1. The molecule has 0 spiro atoms. The van der Waals surface area contributed by atoms with Crippen LogP contribution in [0.2, 0.25) is 5.02 Å². The zero-order valence-corrected chi connectivity index (χ0v) is 20.3. The van der Waals surface area contributed by atoms with Crippen LogP contribution in [0.25, 0.3) is 11.1 Å². The number of carbonyl (C=O) groups excluding carboxylic acids is 1. The van der Waals surface area contributed by atoms with E-state index in [-0.39, 0.29) is 11.9 Å². The van der Waals surface area contributed by atoms with Gasteiger partial charge < -0.3 is 9.80 Å². The van der Waals surface area contributed by atoms with Crippen molar-refractivity contribution in [2.45, 2.75) is 32.4 Å². The summed E-state index contributed by atoms with van der Waals surface area (Å²) in [5, 5.41) is 0.784. The first-order chi connectivity index (χ1) is 16.6. The van der Waals surface area contributed by atoms with Gasteiger partial charge in [-0.1, -0.05) is 41.9 Å². The minimum absolute atomic E-state index is 0.0444. The van der Waals surface area contributed by atoms with Gasteiger partial charge in [-0.05, 0) is 66.8 Å². The molecule has 1 amide bonds. The first kappa shape index (κ1) is 22.8. The van der Waals surface area contributed by atoms with Crippen LogP contribution in [0.5, 0.6) is 0 Å². The van der Waals surface area contributed by atoms with Crippen molar-refractivity contribution < 1.29 is 4.79 Å². The Morgan fingerprint density at radius 3 is 2.50 bits per heavy atom. The van der Waals surface area contributed by atoms with Crippen molar-refractivity contribution in [1.82, 2.24) is 19.8 Å². The molecule has 34 heavy (non-hydrogen) atoms. The van der Waals surface area contributed by atoms with Crippen molar-refractivity contribution in [3.05, 3.63) is 77.1 Å². The number of aromatic nitrogens is 2. The summed E-state index contributed by atoms with van der Waals surface area (Å²) in [6.45, 7) is 6.71. The molecule has 6 nitrogen and oxygen atoms in total. The molecule has 0 bridgehead atoms. The largest absolute Gasteiger partial charge is 0.338 e. The summed E-state index contributed by atoms with van der Waals surface area (Å²) in [7, 11) is 0. The van der Waals surface area contributed by atoms with Gasteiger partial charge >= 0.3 is 0 Å². The van der Waals surface area contributed by atoms with Gasteiger partial charge in [0.2, 0.25) is 11.9 Å². The summed E-state index contributed by atoms with van der Waals surface area (Å²) >= 11 is 6.35. The predicted molar refractivity (Wildman–Crippen MR) is 136 cm³/mol. The molecule has 3 heterocycles. The lowest BCUT2D eigenvalue weighted by Crippen LogP contribution is -2.53. The van der Waals surface area contributed by atoms with Crippen LogP contribution in [-0.2, 0) is 11.3 Å². The number of hydrogen-bond acceptors (Lipinski definition) is 5. The summed E-state index contributed by atoms with van der Waals surface area (Å²) in [5.41, 5.74) is 4.57. The molecule has 1 atom stereocenters. The maximum atomic E-state index is 13.4. The average molecular weight is 476 g/mol. The van der Waals surface area contributed by atoms with E-state index in [1.54, 1.807) is 12.4 Å². The molecule has 176 valence electrons. The van der Waals surface area contributed by atoms with Crippen LogP contribution in [-0.4, -0.2) is 64.4 Å². The van der Waals surface area contributed by atoms with E-state index < -0.39 is 0 Å². The second kappa shape index (κ2) is 10.1. The summed E-state index contributed by atoms with van der Waals surface area (Å²) in [4.78, 5) is 28.6. The van der Waals surface area contributed by atoms with E-state index >= 15 is 0 Å². The maximum Gasteiger partial charge on any atom is 0.240 e. The molecule has 2 aliphatic rings. The summed E-state index contributed by atoms with van der Waals surface area (Å²) < 4.78 is 0. The lowest BCUT2D eigenvalue weighted by atomic mass is 10.0. The highest BCUT2D eigenvalue weighted by Crippen LogP contribution is 2.28. The predicted octanol–water partition coefficient (Wildman–Crippen LogP) is 4.42. The molecule has 7 heteroatoms. The van der Waals surface area contributed by atoms with Gasteiger partial charge in [0.1, 0.15) is 0 Å². The van der Waals surface area contributed by atoms with Gasteiger partial charge in [0.25, 0.3) is 0 Å². The molecule has 0 aliphatic carbocycles. The van der Waals surface area contributed by atoms with Gasteiger partial charge in [0, 0.05) is 50.1 Å².